The summed E-state index contributed by atoms with van der Waals surface area (Å²) in [5, 5.41) is 0. The molecule has 30 heavy (non-hydrogen) atoms. The lowest BCUT2D eigenvalue weighted by molar-refractivity contribution is -0.130. The number of H-pyrrole nitrogens is 1. The minimum atomic E-state index is -1.05. The van der Waals surface area contributed by atoms with Gasteiger partial charge in [-0.05, 0) is 31.0 Å². The van der Waals surface area contributed by atoms with Crippen LogP contribution < -0.4 is 0 Å². The van der Waals surface area contributed by atoms with E-state index in [1.54, 1.807) is 25.1 Å². The van der Waals surface area contributed by atoms with Crippen LogP contribution in [0.3, 0.4) is 0 Å². The smallest absolute Gasteiger partial charge is 0.337 e. The van der Waals surface area contributed by atoms with Crippen molar-refractivity contribution in [1.82, 2.24) is 19.8 Å². The fourth-order valence-electron chi connectivity index (χ4n) is 4.32. The molecular weight excluding hydrogens is 391 g/mol. The standard InChI is InChI=1S/C21H27FN4O4/c1-13(27)25-7-5-15(6-8-25)26-10-16(22)19(11-26)30-12-20-23-17-4-3-14(21(28)29-2)9-18(17)24-20/h3-4,9,15-16,19H,5-8,10-12H2,1-2H3,(H,23,24)/t16-,19+/m1/s1. The van der Waals surface area contributed by atoms with E-state index >= 15 is 0 Å². The number of halogens is 1. The van der Waals surface area contributed by atoms with Crippen LogP contribution in [0.1, 0.15) is 35.9 Å². The Balaban J connectivity index is 1.33. The lowest BCUT2D eigenvalue weighted by atomic mass is 10.0. The summed E-state index contributed by atoms with van der Waals surface area (Å²) < 4.78 is 25.1. The molecule has 4 rings (SSSR count). The number of methoxy groups -OCH3 is 1. The number of nitrogens with one attached hydrogen (secondary N) is 1. The molecule has 2 atom stereocenters. The van der Waals surface area contributed by atoms with Crippen molar-refractivity contribution < 1.29 is 23.5 Å². The lowest BCUT2D eigenvalue weighted by Gasteiger charge is -2.36. The third-order valence-corrected chi connectivity index (χ3v) is 6.04. The SMILES string of the molecule is COC(=O)c1ccc2nc(CO[C@H]3CN(C4CCN(C(C)=O)CC4)C[C@H]3F)[nH]c2c1. The van der Waals surface area contributed by atoms with Crippen LogP contribution in [0.5, 0.6) is 0 Å². The number of piperidine rings is 1. The van der Waals surface area contributed by atoms with Gasteiger partial charge in [0.1, 0.15) is 24.7 Å². The van der Waals surface area contributed by atoms with Crippen LogP contribution in [-0.4, -0.2) is 83.3 Å². The van der Waals surface area contributed by atoms with E-state index in [4.69, 9.17) is 9.47 Å². The van der Waals surface area contributed by atoms with Crippen molar-refractivity contribution in [1.29, 1.82) is 0 Å². The van der Waals surface area contributed by atoms with Gasteiger partial charge in [0.2, 0.25) is 5.91 Å². The molecule has 2 aromatic rings. The first-order chi connectivity index (χ1) is 14.4. The largest absolute Gasteiger partial charge is 0.465 e. The second kappa shape index (κ2) is 8.69. The first-order valence-corrected chi connectivity index (χ1v) is 10.3. The van der Waals surface area contributed by atoms with Gasteiger partial charge in [0, 0.05) is 39.1 Å². The van der Waals surface area contributed by atoms with Crippen LogP contribution in [0.4, 0.5) is 4.39 Å². The molecule has 1 amide bonds. The second-order valence-electron chi connectivity index (χ2n) is 7.96. The Bertz CT molecular complexity index is 925. The Hall–Kier alpha value is -2.52. The molecule has 0 radical (unpaired) electrons. The first kappa shape index (κ1) is 20.7. The number of nitrogens with zero attached hydrogens (tertiary/aromatic N) is 3. The predicted molar refractivity (Wildman–Crippen MR) is 108 cm³/mol. The Morgan fingerprint density at radius 2 is 2.03 bits per heavy atom. The number of hydrogen-bond donors (Lipinski definition) is 1. The molecule has 0 unspecified atom stereocenters. The summed E-state index contributed by atoms with van der Waals surface area (Å²) in [5.41, 5.74) is 1.86. The monoisotopic (exact) mass is 418 g/mol. The molecule has 2 fully saturated rings. The summed E-state index contributed by atoms with van der Waals surface area (Å²) in [4.78, 5) is 34.7. The van der Waals surface area contributed by atoms with Gasteiger partial charge < -0.3 is 19.4 Å². The molecule has 162 valence electrons. The van der Waals surface area contributed by atoms with Crippen LogP contribution in [0.15, 0.2) is 18.2 Å². The number of imidazole rings is 1. The molecular formula is C21H27FN4O4. The zero-order valence-electron chi connectivity index (χ0n) is 17.3. The first-order valence-electron chi connectivity index (χ1n) is 10.3. The van der Waals surface area contributed by atoms with E-state index in [9.17, 15) is 14.0 Å². The van der Waals surface area contributed by atoms with Crippen molar-refractivity contribution in [3.8, 4) is 0 Å². The third-order valence-electron chi connectivity index (χ3n) is 6.04. The van der Waals surface area contributed by atoms with E-state index in [0.29, 0.717) is 35.5 Å². The van der Waals surface area contributed by atoms with Crippen molar-refractivity contribution in [2.45, 2.75) is 44.7 Å². The molecule has 1 aromatic carbocycles. The maximum atomic E-state index is 14.6. The number of ether oxygens (including phenoxy) is 2. The van der Waals surface area contributed by atoms with E-state index in [1.165, 1.54) is 7.11 Å². The number of rotatable bonds is 5. The number of amides is 1. The van der Waals surface area contributed by atoms with E-state index in [2.05, 4.69) is 14.9 Å². The van der Waals surface area contributed by atoms with Gasteiger partial charge in [0.25, 0.3) is 0 Å². The highest BCUT2D eigenvalue weighted by Gasteiger charge is 2.38. The highest BCUT2D eigenvalue weighted by Crippen LogP contribution is 2.25. The average molecular weight is 418 g/mol. The number of aromatic nitrogens is 2. The minimum Gasteiger partial charge on any atom is -0.465 e. The Morgan fingerprint density at radius 1 is 1.27 bits per heavy atom. The molecule has 0 spiro atoms. The van der Waals surface area contributed by atoms with Gasteiger partial charge in [-0.15, -0.1) is 0 Å². The molecule has 0 saturated carbocycles. The molecule has 2 aliphatic rings. The summed E-state index contributed by atoms with van der Waals surface area (Å²) in [5.74, 6) is 0.279. The number of carbonyl (C=O) groups is 2. The van der Waals surface area contributed by atoms with Crippen LogP contribution >= 0.6 is 0 Å². The molecule has 8 nitrogen and oxygen atoms in total. The molecule has 2 saturated heterocycles. The van der Waals surface area contributed by atoms with E-state index in [1.807, 2.05) is 4.90 Å². The highest BCUT2D eigenvalue weighted by atomic mass is 19.1. The topological polar surface area (TPSA) is 87.8 Å². The number of esters is 1. The maximum absolute atomic E-state index is 14.6. The Labute approximate surface area is 174 Å². The number of alkyl halides is 1. The van der Waals surface area contributed by atoms with E-state index in [-0.39, 0.29) is 18.6 Å². The quantitative estimate of drug-likeness (QED) is 0.747. The molecule has 0 aliphatic carbocycles. The molecule has 0 bridgehead atoms. The zero-order valence-corrected chi connectivity index (χ0v) is 17.3. The van der Waals surface area contributed by atoms with E-state index < -0.39 is 18.2 Å². The van der Waals surface area contributed by atoms with Gasteiger partial charge >= 0.3 is 5.97 Å². The summed E-state index contributed by atoms with van der Waals surface area (Å²) in [6.07, 6.45) is 0.178. The number of aromatic amines is 1. The van der Waals surface area contributed by atoms with Gasteiger partial charge in [-0.2, -0.15) is 0 Å². The maximum Gasteiger partial charge on any atom is 0.337 e. The molecule has 2 aliphatic heterocycles. The van der Waals surface area contributed by atoms with Crippen molar-refractivity contribution in [3.63, 3.8) is 0 Å². The van der Waals surface area contributed by atoms with Crippen LogP contribution in [0.25, 0.3) is 11.0 Å². The minimum absolute atomic E-state index is 0.101. The Morgan fingerprint density at radius 3 is 2.73 bits per heavy atom. The predicted octanol–water partition coefficient (Wildman–Crippen LogP) is 1.90. The van der Waals surface area contributed by atoms with Gasteiger partial charge in [0.15, 0.2) is 0 Å². The summed E-state index contributed by atoms with van der Waals surface area (Å²) in [6.45, 7) is 4.11. The molecule has 1 N–H and O–H groups in total. The second-order valence-corrected chi connectivity index (χ2v) is 7.96. The van der Waals surface area contributed by atoms with Crippen molar-refractivity contribution in [2.75, 3.05) is 33.3 Å². The molecule has 1 aromatic heterocycles. The Kier molecular flexibility index (Phi) is 6.01. The van der Waals surface area contributed by atoms with Crippen molar-refractivity contribution >= 4 is 22.9 Å². The number of fused-ring (bicyclic) bond motifs is 1. The normalized spacial score (nSPS) is 23.2. The fourth-order valence-corrected chi connectivity index (χ4v) is 4.32. The van der Waals surface area contributed by atoms with Crippen molar-refractivity contribution in [3.05, 3.63) is 29.6 Å². The molecule has 3 heterocycles. The van der Waals surface area contributed by atoms with Gasteiger partial charge in [-0.25, -0.2) is 14.2 Å². The van der Waals surface area contributed by atoms with Crippen LogP contribution in [0, 0.1) is 0 Å². The average Bonchev–Trinajstić information content (AvgIpc) is 3.33. The van der Waals surface area contributed by atoms with Gasteiger partial charge in [0.05, 0.1) is 23.7 Å². The summed E-state index contributed by atoms with van der Waals surface area (Å²) in [6, 6.07) is 5.36. The number of hydrogen-bond acceptors (Lipinski definition) is 6. The van der Waals surface area contributed by atoms with Crippen molar-refractivity contribution in [2.24, 2.45) is 0 Å². The fraction of sp³-hybridized carbons (Fsp3) is 0.571. The van der Waals surface area contributed by atoms with Crippen LogP contribution in [-0.2, 0) is 20.9 Å². The summed E-state index contributed by atoms with van der Waals surface area (Å²) in [7, 11) is 1.34. The summed E-state index contributed by atoms with van der Waals surface area (Å²) >= 11 is 0. The number of carbonyl (C=O) groups excluding carboxylic acids is 2. The molecule has 9 heteroatoms. The number of benzene rings is 1. The van der Waals surface area contributed by atoms with Gasteiger partial charge in [-0.3, -0.25) is 9.69 Å². The third kappa shape index (κ3) is 4.32. The van der Waals surface area contributed by atoms with E-state index in [0.717, 1.165) is 25.9 Å². The van der Waals surface area contributed by atoms with Crippen LogP contribution in [0.2, 0.25) is 0 Å². The van der Waals surface area contributed by atoms with Gasteiger partial charge in [-0.1, -0.05) is 0 Å². The zero-order chi connectivity index (χ0) is 21.3. The highest BCUT2D eigenvalue weighted by molar-refractivity contribution is 5.93. The number of likely N-dealkylation sites (tertiary alicyclic amines) is 2. The lowest BCUT2D eigenvalue weighted by Crippen LogP contribution is -2.45.